The maximum Gasteiger partial charge on any atom is 0.264 e. The Balaban J connectivity index is 2.51. The molecule has 4 nitrogen and oxygen atoms in total. The van der Waals surface area contributed by atoms with Gasteiger partial charge in [-0.15, -0.1) is 0 Å². The predicted molar refractivity (Wildman–Crippen MR) is 66.6 cm³/mol. The van der Waals surface area contributed by atoms with Crippen LogP contribution >= 0.6 is 33.9 Å². The van der Waals surface area contributed by atoms with E-state index in [1.165, 1.54) is 16.9 Å². The van der Waals surface area contributed by atoms with Crippen molar-refractivity contribution in [2.45, 2.75) is 4.90 Å². The lowest BCUT2D eigenvalue weighted by Crippen LogP contribution is -1.95. The first kappa shape index (κ1) is 12.7. The summed E-state index contributed by atoms with van der Waals surface area (Å²) in [7, 11) is 1.40. The second kappa shape index (κ2) is 4.49. The Labute approximate surface area is 112 Å². The molecule has 0 unspecified atom stereocenters. The van der Waals surface area contributed by atoms with Crippen LogP contribution in [0.1, 0.15) is 0 Å². The maximum absolute atomic E-state index is 11.1. The lowest BCUT2D eigenvalue weighted by molar-refractivity contribution is 0.609. The SMILES string of the molecule is O=S(=O)(Cl)c1cnn(-c2ccc(Cl)cc2Cl)c1. The van der Waals surface area contributed by atoms with Gasteiger partial charge >= 0.3 is 0 Å². The summed E-state index contributed by atoms with van der Waals surface area (Å²) in [5.41, 5.74) is 0.516. The molecule has 0 atom stereocenters. The lowest BCUT2D eigenvalue weighted by Gasteiger charge is -2.03. The molecule has 1 heterocycles. The number of halogens is 3. The molecule has 0 fully saturated rings. The van der Waals surface area contributed by atoms with Crippen LogP contribution in [-0.4, -0.2) is 18.2 Å². The summed E-state index contributed by atoms with van der Waals surface area (Å²) in [6.45, 7) is 0. The highest BCUT2D eigenvalue weighted by molar-refractivity contribution is 8.13. The van der Waals surface area contributed by atoms with Crippen LogP contribution in [0.15, 0.2) is 35.5 Å². The van der Waals surface area contributed by atoms with E-state index in [0.29, 0.717) is 15.7 Å². The Morgan fingerprint density at radius 3 is 2.47 bits per heavy atom. The quantitative estimate of drug-likeness (QED) is 0.801. The van der Waals surface area contributed by atoms with Crippen molar-refractivity contribution in [3.63, 3.8) is 0 Å². The third kappa shape index (κ3) is 2.74. The monoisotopic (exact) mass is 310 g/mol. The van der Waals surface area contributed by atoms with Crippen molar-refractivity contribution in [2.75, 3.05) is 0 Å². The van der Waals surface area contributed by atoms with Crippen LogP contribution in [0.2, 0.25) is 10.0 Å². The van der Waals surface area contributed by atoms with E-state index in [1.54, 1.807) is 12.1 Å². The number of hydrogen-bond acceptors (Lipinski definition) is 3. The molecule has 0 aliphatic heterocycles. The van der Waals surface area contributed by atoms with Crippen molar-refractivity contribution in [2.24, 2.45) is 0 Å². The van der Waals surface area contributed by atoms with Crippen molar-refractivity contribution in [1.29, 1.82) is 0 Å². The van der Waals surface area contributed by atoms with Crippen molar-refractivity contribution >= 4 is 42.9 Å². The Morgan fingerprint density at radius 1 is 1.24 bits per heavy atom. The summed E-state index contributed by atoms with van der Waals surface area (Å²) in [6.07, 6.45) is 2.42. The number of aromatic nitrogens is 2. The highest BCUT2D eigenvalue weighted by Gasteiger charge is 2.14. The van der Waals surface area contributed by atoms with Crippen LogP contribution in [0.4, 0.5) is 0 Å². The van der Waals surface area contributed by atoms with Crippen molar-refractivity contribution < 1.29 is 8.42 Å². The minimum Gasteiger partial charge on any atom is -0.238 e. The molecule has 2 rings (SSSR count). The number of rotatable bonds is 2. The molecule has 17 heavy (non-hydrogen) atoms. The summed E-state index contributed by atoms with van der Waals surface area (Å²) in [5.74, 6) is 0. The molecule has 0 spiro atoms. The molecule has 8 heteroatoms. The topological polar surface area (TPSA) is 52.0 Å². The number of benzene rings is 1. The van der Waals surface area contributed by atoms with E-state index in [9.17, 15) is 8.42 Å². The van der Waals surface area contributed by atoms with Gasteiger partial charge in [-0.3, -0.25) is 0 Å². The average Bonchev–Trinajstić information content (AvgIpc) is 2.65. The van der Waals surface area contributed by atoms with Crippen molar-refractivity contribution in [3.8, 4) is 5.69 Å². The highest BCUT2D eigenvalue weighted by atomic mass is 35.7. The molecule has 0 N–H and O–H groups in total. The normalized spacial score (nSPS) is 11.7. The molecule has 90 valence electrons. The van der Waals surface area contributed by atoms with Crippen LogP contribution in [0.5, 0.6) is 0 Å². The Hall–Kier alpha value is -0.750. The van der Waals surface area contributed by atoms with E-state index in [4.69, 9.17) is 33.9 Å². The molecular weight excluding hydrogens is 307 g/mol. The molecule has 0 aliphatic carbocycles. The van der Waals surface area contributed by atoms with Gasteiger partial charge in [0.25, 0.3) is 9.05 Å². The van der Waals surface area contributed by atoms with E-state index in [1.807, 2.05) is 0 Å². The lowest BCUT2D eigenvalue weighted by atomic mass is 10.3. The van der Waals surface area contributed by atoms with Gasteiger partial charge < -0.3 is 0 Å². The third-order valence-electron chi connectivity index (χ3n) is 2.00. The van der Waals surface area contributed by atoms with E-state index in [-0.39, 0.29) is 4.90 Å². The summed E-state index contributed by atoms with van der Waals surface area (Å²) >= 11 is 11.7. The molecule has 0 amide bonds. The minimum absolute atomic E-state index is 0.0924. The second-order valence-corrected chi connectivity index (χ2v) is 6.56. The molecule has 2 aromatic rings. The molecule has 0 radical (unpaired) electrons. The van der Waals surface area contributed by atoms with Gasteiger partial charge in [0.2, 0.25) is 0 Å². The summed E-state index contributed by atoms with van der Waals surface area (Å²) in [5, 5.41) is 4.71. The first-order valence-electron chi connectivity index (χ1n) is 4.33. The first-order chi connectivity index (χ1) is 7.88. The fraction of sp³-hybridized carbons (Fsp3) is 0. The average molecular weight is 312 g/mol. The van der Waals surface area contributed by atoms with Crippen LogP contribution < -0.4 is 0 Å². The molecule has 1 aromatic heterocycles. The standard InChI is InChI=1S/C9H5Cl3N2O2S/c10-6-1-2-9(8(11)3-6)14-5-7(4-13-14)17(12,15)16/h1-5H. The highest BCUT2D eigenvalue weighted by Crippen LogP contribution is 2.25. The Kier molecular flexibility index (Phi) is 3.36. The second-order valence-electron chi connectivity index (χ2n) is 3.15. The van der Waals surface area contributed by atoms with E-state index >= 15 is 0 Å². The van der Waals surface area contributed by atoms with Crippen molar-refractivity contribution in [3.05, 3.63) is 40.6 Å². The van der Waals surface area contributed by atoms with Gasteiger partial charge in [0.15, 0.2) is 0 Å². The first-order valence-corrected chi connectivity index (χ1v) is 7.39. The van der Waals surface area contributed by atoms with Gasteiger partial charge in [-0.2, -0.15) is 5.10 Å². The van der Waals surface area contributed by atoms with E-state index in [0.717, 1.165) is 6.20 Å². The predicted octanol–water partition coefficient (Wildman–Crippen LogP) is 3.11. The Bertz CT molecular complexity index is 667. The summed E-state index contributed by atoms with van der Waals surface area (Å²) in [4.78, 5) is -0.0924. The maximum atomic E-state index is 11.1. The fourth-order valence-electron chi connectivity index (χ4n) is 1.23. The van der Waals surface area contributed by atoms with Crippen LogP contribution in [0.25, 0.3) is 5.69 Å². The van der Waals surface area contributed by atoms with Crippen LogP contribution in [0.3, 0.4) is 0 Å². The van der Waals surface area contributed by atoms with Gasteiger partial charge in [0.05, 0.1) is 23.1 Å². The molecule has 1 aromatic carbocycles. The largest absolute Gasteiger partial charge is 0.264 e. The number of hydrogen-bond donors (Lipinski definition) is 0. The molecule has 0 bridgehead atoms. The van der Waals surface area contributed by atoms with Crippen LogP contribution in [0, 0.1) is 0 Å². The van der Waals surface area contributed by atoms with E-state index < -0.39 is 9.05 Å². The zero-order chi connectivity index (χ0) is 12.6. The fourth-order valence-corrected chi connectivity index (χ4v) is 2.36. The zero-order valence-corrected chi connectivity index (χ0v) is 11.2. The number of nitrogens with zero attached hydrogens (tertiary/aromatic N) is 2. The van der Waals surface area contributed by atoms with Crippen molar-refractivity contribution in [1.82, 2.24) is 9.78 Å². The molecular formula is C9H5Cl3N2O2S. The zero-order valence-electron chi connectivity index (χ0n) is 8.14. The smallest absolute Gasteiger partial charge is 0.238 e. The van der Waals surface area contributed by atoms with Gasteiger partial charge in [0.1, 0.15) is 4.90 Å². The van der Waals surface area contributed by atoms with Crippen LogP contribution in [-0.2, 0) is 9.05 Å². The summed E-state index contributed by atoms with van der Waals surface area (Å²) in [6, 6.07) is 4.79. The van der Waals surface area contributed by atoms with Gasteiger partial charge in [-0.25, -0.2) is 13.1 Å². The van der Waals surface area contributed by atoms with E-state index in [2.05, 4.69) is 5.10 Å². The van der Waals surface area contributed by atoms with Gasteiger partial charge in [0, 0.05) is 15.7 Å². The minimum atomic E-state index is -3.79. The summed E-state index contributed by atoms with van der Waals surface area (Å²) < 4.78 is 23.5. The molecule has 0 saturated heterocycles. The third-order valence-corrected chi connectivity index (χ3v) is 3.84. The Morgan fingerprint density at radius 2 is 1.94 bits per heavy atom. The molecule has 0 saturated carbocycles. The molecule has 0 aliphatic rings. The van der Waals surface area contributed by atoms with Gasteiger partial charge in [-0.1, -0.05) is 23.2 Å². The van der Waals surface area contributed by atoms with Gasteiger partial charge in [-0.05, 0) is 18.2 Å².